The minimum Gasteiger partial charge on any atom is -0.411 e. The summed E-state index contributed by atoms with van der Waals surface area (Å²) in [4.78, 5) is 0. The molecule has 11 heavy (non-hydrogen) atoms. The van der Waals surface area contributed by atoms with Crippen molar-refractivity contribution in [3.63, 3.8) is 0 Å². The van der Waals surface area contributed by atoms with Gasteiger partial charge in [-0.3, -0.25) is 0 Å². The van der Waals surface area contributed by atoms with Crippen LogP contribution in [0.4, 0.5) is 0 Å². The van der Waals surface area contributed by atoms with Crippen molar-refractivity contribution >= 4 is 28.8 Å². The van der Waals surface area contributed by atoms with Crippen LogP contribution in [0.3, 0.4) is 0 Å². The van der Waals surface area contributed by atoms with Crippen LogP contribution in [0.5, 0.6) is 0 Å². The normalized spacial score (nSPS) is 10.6. The fourth-order valence-electron chi connectivity index (χ4n) is 0.810. The third-order valence-electron chi connectivity index (χ3n) is 1.30. The van der Waals surface area contributed by atoms with Gasteiger partial charge in [0.15, 0.2) is 0 Å². The van der Waals surface area contributed by atoms with Crippen molar-refractivity contribution in [2.75, 3.05) is 0 Å². The van der Waals surface area contributed by atoms with Crippen LogP contribution in [0.1, 0.15) is 5.56 Å². The second-order valence-electron chi connectivity index (χ2n) is 2.13. The molecule has 0 unspecified atom stereocenters. The number of halogens is 1. The first kappa shape index (κ1) is 8.52. The van der Waals surface area contributed by atoms with Crippen LogP contribution in [0.25, 0.3) is 0 Å². The molecule has 2 nitrogen and oxygen atoms in total. The van der Waals surface area contributed by atoms with Crippen molar-refractivity contribution in [3.05, 3.63) is 33.4 Å². The van der Waals surface area contributed by atoms with Crippen LogP contribution < -0.4 is 0 Å². The Morgan fingerprint density at radius 2 is 2.36 bits per heavy atom. The van der Waals surface area contributed by atoms with E-state index in [-0.39, 0.29) is 0 Å². The summed E-state index contributed by atoms with van der Waals surface area (Å²) in [5.74, 6) is 0. The Morgan fingerprint density at radius 1 is 1.55 bits per heavy atom. The Labute approximate surface area is 79.1 Å². The molecular weight excluding hydrogens is 253 g/mol. The molecule has 0 bridgehead atoms. The van der Waals surface area contributed by atoms with Crippen molar-refractivity contribution in [2.45, 2.75) is 6.42 Å². The van der Waals surface area contributed by atoms with Crippen molar-refractivity contribution in [1.82, 2.24) is 0 Å². The first-order valence-corrected chi connectivity index (χ1v) is 4.31. The lowest BCUT2D eigenvalue weighted by atomic mass is 10.2. The zero-order valence-corrected chi connectivity index (χ0v) is 8.02. The van der Waals surface area contributed by atoms with E-state index in [1.165, 1.54) is 9.78 Å². The van der Waals surface area contributed by atoms with Crippen molar-refractivity contribution < 1.29 is 5.21 Å². The SMILES string of the molecule is ON=CCc1cccc(I)c1. The smallest absolute Gasteiger partial charge is 0.0479 e. The molecule has 0 amide bonds. The van der Waals surface area contributed by atoms with E-state index in [1.54, 1.807) is 0 Å². The summed E-state index contributed by atoms with van der Waals surface area (Å²) in [6.45, 7) is 0. The Balaban J connectivity index is 2.71. The quantitative estimate of drug-likeness (QED) is 0.376. The second kappa shape index (κ2) is 4.33. The molecule has 3 heteroatoms. The van der Waals surface area contributed by atoms with Gasteiger partial charge < -0.3 is 5.21 Å². The average Bonchev–Trinajstić information content (AvgIpc) is 2.01. The van der Waals surface area contributed by atoms with Gasteiger partial charge in [-0.05, 0) is 40.3 Å². The molecule has 1 rings (SSSR count). The first-order chi connectivity index (χ1) is 5.33. The minimum atomic E-state index is 0.688. The molecule has 0 spiro atoms. The van der Waals surface area contributed by atoms with Gasteiger partial charge in [0.05, 0.1) is 0 Å². The van der Waals surface area contributed by atoms with Gasteiger partial charge in [0.1, 0.15) is 0 Å². The molecule has 0 aromatic heterocycles. The molecule has 58 valence electrons. The molecule has 1 N–H and O–H groups in total. The summed E-state index contributed by atoms with van der Waals surface area (Å²) >= 11 is 2.25. The predicted octanol–water partition coefficient (Wildman–Crippen LogP) is 2.29. The molecule has 0 heterocycles. The summed E-state index contributed by atoms with van der Waals surface area (Å²) in [5.41, 5.74) is 1.16. The van der Waals surface area contributed by atoms with E-state index in [9.17, 15) is 0 Å². The summed E-state index contributed by atoms with van der Waals surface area (Å²) < 4.78 is 1.20. The number of hydrogen-bond donors (Lipinski definition) is 1. The van der Waals surface area contributed by atoms with Crippen molar-refractivity contribution in [2.24, 2.45) is 5.16 Å². The van der Waals surface area contributed by atoms with Gasteiger partial charge in [0.25, 0.3) is 0 Å². The van der Waals surface area contributed by atoms with Gasteiger partial charge in [-0.1, -0.05) is 12.1 Å². The molecule has 0 aliphatic carbocycles. The monoisotopic (exact) mass is 261 g/mol. The largest absolute Gasteiger partial charge is 0.411 e. The van der Waals surface area contributed by atoms with Gasteiger partial charge in [0, 0.05) is 16.2 Å². The van der Waals surface area contributed by atoms with E-state index in [1.807, 2.05) is 18.2 Å². The third kappa shape index (κ3) is 2.88. The van der Waals surface area contributed by atoms with Crippen LogP contribution in [0.15, 0.2) is 29.4 Å². The van der Waals surface area contributed by atoms with Crippen molar-refractivity contribution in [3.8, 4) is 0 Å². The minimum absolute atomic E-state index is 0.688. The van der Waals surface area contributed by atoms with Crippen LogP contribution in [-0.4, -0.2) is 11.4 Å². The number of hydrogen-bond acceptors (Lipinski definition) is 2. The Morgan fingerprint density at radius 3 is 3.00 bits per heavy atom. The zero-order valence-electron chi connectivity index (χ0n) is 5.87. The molecule has 0 aliphatic heterocycles. The molecule has 0 saturated carbocycles. The Hall–Kier alpha value is -0.580. The molecule has 0 aliphatic rings. The van der Waals surface area contributed by atoms with Crippen molar-refractivity contribution in [1.29, 1.82) is 0 Å². The van der Waals surface area contributed by atoms with Gasteiger partial charge in [-0.25, -0.2) is 0 Å². The third-order valence-corrected chi connectivity index (χ3v) is 1.97. The van der Waals surface area contributed by atoms with E-state index in [4.69, 9.17) is 5.21 Å². The predicted molar refractivity (Wildman–Crippen MR) is 53.1 cm³/mol. The van der Waals surface area contributed by atoms with Crippen LogP contribution >= 0.6 is 22.6 Å². The zero-order chi connectivity index (χ0) is 8.10. The molecule has 0 atom stereocenters. The van der Waals surface area contributed by atoms with Crippen LogP contribution in [0, 0.1) is 3.57 Å². The Kier molecular flexibility index (Phi) is 3.35. The van der Waals surface area contributed by atoms with E-state index in [2.05, 4.69) is 33.8 Å². The van der Waals surface area contributed by atoms with Gasteiger partial charge in [-0.2, -0.15) is 0 Å². The summed E-state index contributed by atoms with van der Waals surface area (Å²) in [6, 6.07) is 8.08. The molecule has 1 aromatic carbocycles. The number of nitrogens with zero attached hydrogens (tertiary/aromatic N) is 1. The van der Waals surface area contributed by atoms with E-state index < -0.39 is 0 Å². The second-order valence-corrected chi connectivity index (χ2v) is 3.38. The highest BCUT2D eigenvalue weighted by Gasteiger charge is 1.90. The average molecular weight is 261 g/mol. The van der Waals surface area contributed by atoms with Crippen LogP contribution in [-0.2, 0) is 6.42 Å². The highest BCUT2D eigenvalue weighted by atomic mass is 127. The lowest BCUT2D eigenvalue weighted by Gasteiger charge is -1.94. The van der Waals surface area contributed by atoms with Gasteiger partial charge in [0.2, 0.25) is 0 Å². The maximum absolute atomic E-state index is 8.16. The highest BCUT2D eigenvalue weighted by Crippen LogP contribution is 2.07. The van der Waals surface area contributed by atoms with E-state index in [0.29, 0.717) is 6.42 Å². The summed E-state index contributed by atoms with van der Waals surface area (Å²) in [6.07, 6.45) is 2.17. The maximum atomic E-state index is 8.16. The number of benzene rings is 1. The lowest BCUT2D eigenvalue weighted by molar-refractivity contribution is 0.321. The van der Waals surface area contributed by atoms with Gasteiger partial charge >= 0.3 is 0 Å². The maximum Gasteiger partial charge on any atom is 0.0479 e. The topological polar surface area (TPSA) is 32.6 Å². The molecule has 1 aromatic rings. The van der Waals surface area contributed by atoms with E-state index >= 15 is 0 Å². The molecule has 0 saturated heterocycles. The van der Waals surface area contributed by atoms with E-state index in [0.717, 1.165) is 5.56 Å². The number of rotatable bonds is 2. The fraction of sp³-hybridized carbons (Fsp3) is 0.125. The molecule has 0 fully saturated rings. The fourth-order valence-corrected chi connectivity index (χ4v) is 1.42. The van der Waals surface area contributed by atoms with Gasteiger partial charge in [-0.15, -0.1) is 5.16 Å². The standard InChI is InChI=1S/C8H8INO/c9-8-3-1-2-7(6-8)4-5-10-11/h1-3,5-6,11H,4H2. The Bertz CT molecular complexity index is 260. The summed E-state index contributed by atoms with van der Waals surface area (Å²) in [7, 11) is 0. The molecule has 0 radical (unpaired) electrons. The van der Waals surface area contributed by atoms with Crippen LogP contribution in [0.2, 0.25) is 0 Å². The number of oxime groups is 1. The highest BCUT2D eigenvalue weighted by molar-refractivity contribution is 14.1. The molecular formula is C8H8INO. The summed E-state index contributed by atoms with van der Waals surface area (Å²) in [5, 5.41) is 11.1. The lowest BCUT2D eigenvalue weighted by Crippen LogP contribution is -1.85. The first-order valence-electron chi connectivity index (χ1n) is 3.23.